The fraction of sp³-hybridized carbons (Fsp3) is 0.778. The molecule has 1 rings (SSSR count). The summed E-state index contributed by atoms with van der Waals surface area (Å²) < 4.78 is -0.367. The molecule has 1 aliphatic carbocycles. The van der Waals surface area contributed by atoms with Gasteiger partial charge in [-0.25, -0.2) is 0 Å². The lowest BCUT2D eigenvalue weighted by Crippen LogP contribution is -1.89. The van der Waals surface area contributed by atoms with Crippen molar-refractivity contribution in [1.29, 1.82) is 0 Å². The van der Waals surface area contributed by atoms with Crippen molar-refractivity contribution in [2.75, 3.05) is 0 Å². The van der Waals surface area contributed by atoms with E-state index in [2.05, 4.69) is 6.58 Å². The molecule has 1 saturated carbocycles. The summed E-state index contributed by atoms with van der Waals surface area (Å²) in [5.41, 5.74) is 0. The first-order valence-corrected chi connectivity index (χ1v) is 4.91. The zero-order valence-corrected chi connectivity index (χ0v) is 8.17. The molecule has 0 aromatic carbocycles. The lowest BCUT2D eigenvalue weighted by atomic mass is 10.1. The van der Waals surface area contributed by atoms with Crippen LogP contribution in [0.1, 0.15) is 32.1 Å². The van der Waals surface area contributed by atoms with E-state index in [9.17, 15) is 0 Å². The van der Waals surface area contributed by atoms with Crippen LogP contribution in [0.5, 0.6) is 0 Å². The Balaban J connectivity index is 1.94. The third kappa shape index (κ3) is 3.04. The molecular weight excluding hydrogens is 179 g/mol. The van der Waals surface area contributed by atoms with Crippen LogP contribution in [-0.4, -0.2) is 4.33 Å². The van der Waals surface area contributed by atoms with Gasteiger partial charge in [-0.2, -0.15) is 0 Å². The minimum Gasteiger partial charge on any atom is -0.103 e. The fourth-order valence-corrected chi connectivity index (χ4v) is 1.85. The van der Waals surface area contributed by atoms with Gasteiger partial charge in [0.2, 0.25) is 0 Å². The SMILES string of the molecule is C=CCCCCC1CC1(Cl)Cl. The molecule has 0 aromatic rings. The van der Waals surface area contributed by atoms with Crippen molar-refractivity contribution >= 4 is 23.2 Å². The zero-order valence-electron chi connectivity index (χ0n) is 6.65. The van der Waals surface area contributed by atoms with Crippen LogP contribution in [0.15, 0.2) is 12.7 Å². The number of hydrogen-bond donors (Lipinski definition) is 0. The highest BCUT2D eigenvalue weighted by Gasteiger charge is 2.50. The number of rotatable bonds is 5. The molecule has 11 heavy (non-hydrogen) atoms. The first-order valence-electron chi connectivity index (χ1n) is 4.15. The molecule has 2 heteroatoms. The molecule has 1 unspecified atom stereocenters. The summed E-state index contributed by atoms with van der Waals surface area (Å²) in [6, 6.07) is 0. The van der Waals surface area contributed by atoms with Crippen molar-refractivity contribution in [1.82, 2.24) is 0 Å². The molecule has 0 saturated heterocycles. The van der Waals surface area contributed by atoms with Gasteiger partial charge in [0.05, 0.1) is 0 Å². The third-order valence-corrected chi connectivity index (χ3v) is 3.09. The van der Waals surface area contributed by atoms with Gasteiger partial charge in [0.1, 0.15) is 4.33 Å². The van der Waals surface area contributed by atoms with Crippen molar-refractivity contribution in [3.63, 3.8) is 0 Å². The number of allylic oxidation sites excluding steroid dienone is 1. The van der Waals surface area contributed by atoms with E-state index in [0.717, 1.165) is 12.8 Å². The van der Waals surface area contributed by atoms with Crippen LogP contribution in [0.3, 0.4) is 0 Å². The minimum atomic E-state index is -0.367. The quantitative estimate of drug-likeness (QED) is 0.352. The Hall–Kier alpha value is 0.320. The van der Waals surface area contributed by atoms with Crippen molar-refractivity contribution in [2.45, 2.75) is 36.4 Å². The maximum atomic E-state index is 5.87. The molecule has 64 valence electrons. The molecule has 0 heterocycles. The normalized spacial score (nSPS) is 26.5. The average Bonchev–Trinajstić information content (AvgIpc) is 2.52. The van der Waals surface area contributed by atoms with Gasteiger partial charge in [-0.15, -0.1) is 29.8 Å². The lowest BCUT2D eigenvalue weighted by molar-refractivity contribution is 0.630. The van der Waals surface area contributed by atoms with Gasteiger partial charge in [0, 0.05) is 0 Å². The Kier molecular flexibility index (Phi) is 3.27. The number of halogens is 2. The lowest BCUT2D eigenvalue weighted by Gasteiger charge is -1.98. The number of unbranched alkanes of at least 4 members (excludes halogenated alkanes) is 2. The van der Waals surface area contributed by atoms with Crippen LogP contribution >= 0.6 is 23.2 Å². The molecule has 0 aliphatic heterocycles. The molecule has 0 nitrogen and oxygen atoms in total. The van der Waals surface area contributed by atoms with Gasteiger partial charge in [-0.1, -0.05) is 12.5 Å². The van der Waals surface area contributed by atoms with E-state index < -0.39 is 0 Å². The van der Waals surface area contributed by atoms with E-state index in [1.165, 1.54) is 19.3 Å². The molecule has 1 atom stereocenters. The van der Waals surface area contributed by atoms with Crippen LogP contribution < -0.4 is 0 Å². The maximum absolute atomic E-state index is 5.87. The molecule has 0 radical (unpaired) electrons. The van der Waals surface area contributed by atoms with Gasteiger partial charge in [-0.3, -0.25) is 0 Å². The van der Waals surface area contributed by atoms with Gasteiger partial charge in [-0.05, 0) is 31.6 Å². The molecule has 1 aliphatic rings. The highest BCUT2D eigenvalue weighted by atomic mass is 35.5. The zero-order chi connectivity index (χ0) is 8.32. The second kappa shape index (κ2) is 3.82. The van der Waals surface area contributed by atoms with E-state index in [4.69, 9.17) is 23.2 Å². The van der Waals surface area contributed by atoms with E-state index in [1.54, 1.807) is 0 Å². The van der Waals surface area contributed by atoms with Crippen molar-refractivity contribution in [3.8, 4) is 0 Å². The first kappa shape index (κ1) is 9.41. The van der Waals surface area contributed by atoms with Crippen molar-refractivity contribution in [3.05, 3.63) is 12.7 Å². The first-order chi connectivity index (χ1) is 5.17. The summed E-state index contributed by atoms with van der Waals surface area (Å²) in [6.45, 7) is 3.67. The smallest absolute Gasteiger partial charge is 0.103 e. The number of hydrogen-bond acceptors (Lipinski definition) is 0. The third-order valence-electron chi connectivity index (χ3n) is 2.17. The monoisotopic (exact) mass is 192 g/mol. The van der Waals surface area contributed by atoms with Gasteiger partial charge in [0.15, 0.2) is 0 Å². The summed E-state index contributed by atoms with van der Waals surface area (Å²) >= 11 is 11.7. The van der Waals surface area contributed by atoms with Crippen LogP contribution in [0.2, 0.25) is 0 Å². The fourth-order valence-electron chi connectivity index (χ4n) is 1.26. The van der Waals surface area contributed by atoms with E-state index in [0.29, 0.717) is 5.92 Å². The molecule has 0 spiro atoms. The standard InChI is InChI=1S/C9H14Cl2/c1-2-3-4-5-6-8-7-9(8,10)11/h2,8H,1,3-7H2. The summed E-state index contributed by atoms with van der Waals surface area (Å²) in [7, 11) is 0. The summed E-state index contributed by atoms with van der Waals surface area (Å²) in [4.78, 5) is 0. The largest absolute Gasteiger partial charge is 0.121 e. The molecular formula is C9H14Cl2. The average molecular weight is 193 g/mol. The van der Waals surface area contributed by atoms with E-state index in [1.807, 2.05) is 6.08 Å². The van der Waals surface area contributed by atoms with Crippen molar-refractivity contribution < 1.29 is 0 Å². The highest BCUT2D eigenvalue weighted by molar-refractivity contribution is 6.50. The summed E-state index contributed by atoms with van der Waals surface area (Å²) in [6.07, 6.45) is 7.71. The maximum Gasteiger partial charge on any atom is 0.121 e. The predicted octanol–water partition coefficient (Wildman–Crippen LogP) is 3.93. The highest BCUT2D eigenvalue weighted by Crippen LogP contribution is 2.55. The van der Waals surface area contributed by atoms with Crippen LogP contribution in [-0.2, 0) is 0 Å². The Morgan fingerprint density at radius 2 is 2.09 bits per heavy atom. The Morgan fingerprint density at radius 3 is 2.55 bits per heavy atom. The van der Waals surface area contributed by atoms with E-state index in [-0.39, 0.29) is 4.33 Å². The molecule has 0 bridgehead atoms. The predicted molar refractivity (Wildman–Crippen MR) is 51.2 cm³/mol. The van der Waals surface area contributed by atoms with Crippen molar-refractivity contribution in [2.24, 2.45) is 5.92 Å². The van der Waals surface area contributed by atoms with E-state index >= 15 is 0 Å². The molecule has 1 fully saturated rings. The molecule has 0 amide bonds. The van der Waals surface area contributed by atoms with Crippen LogP contribution in [0.25, 0.3) is 0 Å². The van der Waals surface area contributed by atoms with Gasteiger partial charge < -0.3 is 0 Å². The second-order valence-corrected chi connectivity index (χ2v) is 4.78. The Bertz CT molecular complexity index is 140. The summed E-state index contributed by atoms with van der Waals surface area (Å²) in [5, 5.41) is 0. The topological polar surface area (TPSA) is 0 Å². The molecule has 0 N–H and O–H groups in total. The van der Waals surface area contributed by atoms with Crippen LogP contribution in [0.4, 0.5) is 0 Å². The van der Waals surface area contributed by atoms with Gasteiger partial charge >= 0.3 is 0 Å². The second-order valence-electron chi connectivity index (χ2n) is 3.24. The number of alkyl halides is 2. The molecule has 0 aromatic heterocycles. The van der Waals surface area contributed by atoms with Gasteiger partial charge in [0.25, 0.3) is 0 Å². The Morgan fingerprint density at radius 1 is 1.45 bits per heavy atom. The Labute approximate surface area is 78.6 Å². The summed E-state index contributed by atoms with van der Waals surface area (Å²) in [5.74, 6) is 0.565. The van der Waals surface area contributed by atoms with Crippen LogP contribution in [0, 0.1) is 5.92 Å². The minimum absolute atomic E-state index is 0.367.